The van der Waals surface area contributed by atoms with Gasteiger partial charge in [-0.2, -0.15) is 0 Å². The molecule has 12 heteroatoms. The van der Waals surface area contributed by atoms with Crippen LogP contribution in [0.4, 0.5) is 10.1 Å². The first-order valence-corrected chi connectivity index (χ1v) is 9.98. The van der Waals surface area contributed by atoms with E-state index >= 15 is 0 Å². The van der Waals surface area contributed by atoms with E-state index in [1.807, 2.05) is 6.92 Å². The van der Waals surface area contributed by atoms with Crippen molar-refractivity contribution in [1.82, 2.24) is 25.1 Å². The first-order chi connectivity index (χ1) is 14.9. The van der Waals surface area contributed by atoms with Gasteiger partial charge in [0.1, 0.15) is 5.82 Å². The number of hydrogen-bond donors (Lipinski definition) is 1. The molecule has 0 radical (unpaired) electrons. The van der Waals surface area contributed by atoms with Crippen molar-refractivity contribution in [3.63, 3.8) is 0 Å². The van der Waals surface area contributed by atoms with E-state index in [-0.39, 0.29) is 29.1 Å². The zero-order valence-electron chi connectivity index (χ0n) is 16.2. The molecule has 0 saturated heterocycles. The van der Waals surface area contributed by atoms with E-state index in [1.54, 1.807) is 30.3 Å². The number of nitro benzene ring substituents is 1. The summed E-state index contributed by atoms with van der Waals surface area (Å²) in [5.74, 6) is 6.74. The summed E-state index contributed by atoms with van der Waals surface area (Å²) in [6.07, 6.45) is 0.204. The average Bonchev–Trinajstić information content (AvgIpc) is 3.38. The zero-order valence-corrected chi connectivity index (χ0v) is 17.0. The minimum absolute atomic E-state index is 0.0270. The number of thioether (sulfide) groups is 1. The summed E-state index contributed by atoms with van der Waals surface area (Å²) >= 11 is 1.26. The lowest BCUT2D eigenvalue weighted by Crippen LogP contribution is -2.15. The highest BCUT2D eigenvalue weighted by molar-refractivity contribution is 7.99. The number of rotatable bonds is 7. The second-order valence-electron chi connectivity index (χ2n) is 6.55. The molecule has 2 aromatic heterocycles. The second kappa shape index (κ2) is 8.52. The van der Waals surface area contributed by atoms with Gasteiger partial charge in [-0.25, -0.2) is 9.07 Å². The van der Waals surface area contributed by atoms with Gasteiger partial charge in [-0.05, 0) is 30.7 Å². The van der Waals surface area contributed by atoms with Crippen LogP contribution in [-0.2, 0) is 6.42 Å². The molecule has 4 aromatic rings. The molecule has 2 heterocycles. The minimum atomic E-state index is -0.481. The normalized spacial score (nSPS) is 12.1. The van der Waals surface area contributed by atoms with Crippen LogP contribution in [0, 0.1) is 15.9 Å². The van der Waals surface area contributed by atoms with Crippen LogP contribution in [0.3, 0.4) is 0 Å². The van der Waals surface area contributed by atoms with Crippen LogP contribution >= 0.6 is 11.8 Å². The number of nitro groups is 1. The van der Waals surface area contributed by atoms with Crippen LogP contribution in [0.15, 0.2) is 58.1 Å². The summed E-state index contributed by atoms with van der Waals surface area (Å²) in [5, 5.41) is 27.1. The Hall–Kier alpha value is -3.80. The quantitative estimate of drug-likeness (QED) is 0.197. The van der Waals surface area contributed by atoms with Gasteiger partial charge >= 0.3 is 0 Å². The molecule has 4 rings (SSSR count). The van der Waals surface area contributed by atoms with E-state index in [0.717, 1.165) is 0 Å². The Balaban J connectivity index is 1.47. The maximum atomic E-state index is 13.9. The average molecular weight is 441 g/mol. The first-order valence-electron chi connectivity index (χ1n) is 9.10. The van der Waals surface area contributed by atoms with Crippen molar-refractivity contribution in [2.75, 3.05) is 5.84 Å². The molecule has 0 fully saturated rings. The van der Waals surface area contributed by atoms with Crippen LogP contribution in [0.5, 0.6) is 0 Å². The van der Waals surface area contributed by atoms with Crippen molar-refractivity contribution in [2.24, 2.45) is 0 Å². The molecule has 0 saturated carbocycles. The Kier molecular flexibility index (Phi) is 5.62. The Morgan fingerprint density at radius 1 is 1.16 bits per heavy atom. The minimum Gasteiger partial charge on any atom is -0.419 e. The molecule has 1 unspecified atom stereocenters. The summed E-state index contributed by atoms with van der Waals surface area (Å²) < 4.78 is 20.9. The van der Waals surface area contributed by atoms with E-state index in [4.69, 9.17) is 10.3 Å². The number of nitrogen functional groups attached to an aromatic ring is 1. The van der Waals surface area contributed by atoms with E-state index in [9.17, 15) is 14.5 Å². The topological polar surface area (TPSA) is 139 Å². The number of nitrogens with two attached hydrogens (primary N) is 1. The summed E-state index contributed by atoms with van der Waals surface area (Å²) in [5.41, 5.74) is 1.01. The van der Waals surface area contributed by atoms with Crippen molar-refractivity contribution < 1.29 is 13.7 Å². The lowest BCUT2D eigenvalue weighted by Gasteiger charge is -2.07. The molecule has 2 N–H and O–H groups in total. The van der Waals surface area contributed by atoms with E-state index < -0.39 is 4.92 Å². The number of hydrogen-bond acceptors (Lipinski definition) is 9. The molecule has 31 heavy (non-hydrogen) atoms. The number of benzene rings is 2. The number of non-ortho nitro benzene ring substituents is 1. The highest BCUT2D eigenvalue weighted by atomic mass is 32.2. The van der Waals surface area contributed by atoms with E-state index in [0.29, 0.717) is 28.0 Å². The third-order valence-electron chi connectivity index (χ3n) is 4.44. The molecule has 158 valence electrons. The molecule has 0 spiro atoms. The van der Waals surface area contributed by atoms with Crippen molar-refractivity contribution in [3.05, 3.63) is 81.7 Å². The summed E-state index contributed by atoms with van der Waals surface area (Å²) in [6.45, 7) is 1.84. The third kappa shape index (κ3) is 4.38. The molecule has 0 aliphatic heterocycles. The lowest BCUT2D eigenvalue weighted by atomic mass is 10.1. The van der Waals surface area contributed by atoms with Gasteiger partial charge in [-0.15, -0.1) is 20.4 Å². The maximum Gasteiger partial charge on any atom is 0.269 e. The number of nitrogens with zero attached hydrogens (tertiary/aromatic N) is 6. The van der Waals surface area contributed by atoms with Crippen LogP contribution in [-0.4, -0.2) is 30.0 Å². The van der Waals surface area contributed by atoms with Crippen molar-refractivity contribution in [3.8, 4) is 11.5 Å². The molecule has 2 aromatic carbocycles. The Morgan fingerprint density at radius 2 is 1.90 bits per heavy atom. The SMILES string of the molecule is CC(Sc1nnc(Cc2ccccc2F)n1N)c1nnc(-c2ccc([N+](=O)[O-])cc2)o1. The largest absolute Gasteiger partial charge is 0.419 e. The van der Waals surface area contributed by atoms with Crippen LogP contribution in [0.2, 0.25) is 0 Å². The monoisotopic (exact) mass is 441 g/mol. The van der Waals surface area contributed by atoms with Crippen LogP contribution in [0.25, 0.3) is 11.5 Å². The van der Waals surface area contributed by atoms with Gasteiger partial charge in [-0.1, -0.05) is 30.0 Å². The third-order valence-corrected chi connectivity index (χ3v) is 5.48. The van der Waals surface area contributed by atoms with E-state index in [1.165, 1.54) is 34.6 Å². The van der Waals surface area contributed by atoms with Crippen LogP contribution < -0.4 is 5.84 Å². The molecular formula is C19H16FN7O3S. The van der Waals surface area contributed by atoms with Gasteiger partial charge in [0.15, 0.2) is 5.82 Å². The van der Waals surface area contributed by atoms with Crippen LogP contribution in [0.1, 0.15) is 29.5 Å². The van der Waals surface area contributed by atoms with Gasteiger partial charge in [0.2, 0.25) is 16.9 Å². The maximum absolute atomic E-state index is 13.9. The van der Waals surface area contributed by atoms with Gasteiger partial charge in [-0.3, -0.25) is 10.1 Å². The van der Waals surface area contributed by atoms with Gasteiger partial charge < -0.3 is 10.3 Å². The molecule has 0 bridgehead atoms. The summed E-state index contributed by atoms with van der Waals surface area (Å²) in [4.78, 5) is 10.3. The van der Waals surface area contributed by atoms with Crippen molar-refractivity contribution in [1.29, 1.82) is 0 Å². The van der Waals surface area contributed by atoms with Gasteiger partial charge in [0.05, 0.1) is 10.2 Å². The fourth-order valence-corrected chi connectivity index (χ4v) is 3.59. The zero-order chi connectivity index (χ0) is 22.0. The Morgan fingerprint density at radius 3 is 2.61 bits per heavy atom. The Labute approximate surface area is 179 Å². The summed E-state index contributed by atoms with van der Waals surface area (Å²) in [6, 6.07) is 12.2. The van der Waals surface area contributed by atoms with Gasteiger partial charge in [0, 0.05) is 24.1 Å². The first kappa shape index (κ1) is 20.5. The fourth-order valence-electron chi connectivity index (χ4n) is 2.77. The fraction of sp³-hybridized carbons (Fsp3) is 0.158. The second-order valence-corrected chi connectivity index (χ2v) is 7.85. The van der Waals surface area contributed by atoms with E-state index in [2.05, 4.69) is 20.4 Å². The summed E-state index contributed by atoms with van der Waals surface area (Å²) in [7, 11) is 0. The number of aromatic nitrogens is 5. The number of halogens is 1. The Bertz CT molecular complexity index is 1230. The molecule has 0 aliphatic carbocycles. The smallest absolute Gasteiger partial charge is 0.269 e. The van der Waals surface area contributed by atoms with Crippen molar-refractivity contribution in [2.45, 2.75) is 23.8 Å². The predicted octanol–water partition coefficient (Wildman–Crippen LogP) is 3.53. The standard InChI is InChI=1S/C19H16FN7O3S/c1-11(17-23-24-18(30-17)12-6-8-14(9-7-12)27(28)29)31-19-25-22-16(26(19)21)10-13-4-2-3-5-15(13)20/h2-9,11H,10,21H2,1H3. The van der Waals surface area contributed by atoms with Gasteiger partial charge in [0.25, 0.3) is 5.69 Å². The van der Waals surface area contributed by atoms with Crippen molar-refractivity contribution >= 4 is 17.4 Å². The molecular weight excluding hydrogens is 425 g/mol. The molecule has 0 aliphatic rings. The molecule has 10 nitrogen and oxygen atoms in total. The highest BCUT2D eigenvalue weighted by Gasteiger charge is 2.21. The molecule has 1 atom stereocenters. The predicted molar refractivity (Wildman–Crippen MR) is 110 cm³/mol. The lowest BCUT2D eigenvalue weighted by molar-refractivity contribution is -0.384. The highest BCUT2D eigenvalue weighted by Crippen LogP contribution is 2.34. The molecule has 0 amide bonds.